The Morgan fingerprint density at radius 3 is 2.67 bits per heavy atom. The van der Waals surface area contributed by atoms with Gasteiger partial charge in [0.05, 0.1) is 6.04 Å². The van der Waals surface area contributed by atoms with Crippen molar-refractivity contribution in [1.82, 2.24) is 10.6 Å². The second-order valence-corrected chi connectivity index (χ2v) is 5.52. The van der Waals surface area contributed by atoms with Gasteiger partial charge in [-0.15, -0.1) is 0 Å². The monoisotopic (exact) mass is 289 g/mol. The summed E-state index contributed by atoms with van der Waals surface area (Å²) in [7, 11) is 1.56. The Kier molecular flexibility index (Phi) is 3.79. The van der Waals surface area contributed by atoms with Crippen LogP contribution in [0.15, 0.2) is 24.3 Å². The van der Waals surface area contributed by atoms with E-state index in [9.17, 15) is 9.59 Å². The SMILES string of the molecule is CNC(=O)COc1ccc(NC(=O)[C@@H]2NC[C@@H]3C[C@@H]32)cc1. The molecule has 1 aliphatic carbocycles. The molecule has 1 aromatic rings. The van der Waals surface area contributed by atoms with E-state index in [1.165, 1.54) is 0 Å². The molecule has 0 spiro atoms. The third kappa shape index (κ3) is 3.16. The number of nitrogens with one attached hydrogen (secondary N) is 3. The Morgan fingerprint density at radius 1 is 1.33 bits per heavy atom. The molecule has 1 heterocycles. The second-order valence-electron chi connectivity index (χ2n) is 5.52. The van der Waals surface area contributed by atoms with Gasteiger partial charge in [-0.2, -0.15) is 0 Å². The van der Waals surface area contributed by atoms with Crippen LogP contribution >= 0.6 is 0 Å². The topological polar surface area (TPSA) is 79.5 Å². The Morgan fingerprint density at radius 2 is 2.10 bits per heavy atom. The number of anilines is 1. The predicted octanol–water partition coefficient (Wildman–Crippen LogP) is 0.358. The standard InChI is InChI=1S/C15H19N3O3/c1-16-13(19)8-21-11-4-2-10(3-5-11)18-15(20)14-12-6-9(12)7-17-14/h2-5,9,12,14,17H,6-8H2,1H3,(H,16,19)(H,18,20)/t9-,12-,14+/m0/s1. The lowest BCUT2D eigenvalue weighted by Crippen LogP contribution is -2.38. The molecular weight excluding hydrogens is 270 g/mol. The fourth-order valence-electron chi connectivity index (χ4n) is 2.71. The highest BCUT2D eigenvalue weighted by atomic mass is 16.5. The minimum Gasteiger partial charge on any atom is -0.484 e. The minimum atomic E-state index is -0.182. The Balaban J connectivity index is 1.52. The first-order valence-electron chi connectivity index (χ1n) is 7.15. The molecule has 0 radical (unpaired) electrons. The van der Waals surface area contributed by atoms with E-state index in [0.29, 0.717) is 17.6 Å². The van der Waals surface area contributed by atoms with Crippen LogP contribution in [0.1, 0.15) is 6.42 Å². The zero-order chi connectivity index (χ0) is 14.8. The van der Waals surface area contributed by atoms with Crippen molar-refractivity contribution in [2.75, 3.05) is 25.5 Å². The van der Waals surface area contributed by atoms with Crippen molar-refractivity contribution < 1.29 is 14.3 Å². The van der Waals surface area contributed by atoms with E-state index in [1.807, 2.05) is 0 Å². The highest BCUT2D eigenvalue weighted by Crippen LogP contribution is 2.45. The second kappa shape index (κ2) is 5.73. The van der Waals surface area contributed by atoms with Gasteiger partial charge in [-0.1, -0.05) is 0 Å². The molecule has 0 unspecified atom stereocenters. The molecule has 1 saturated carbocycles. The molecule has 2 aliphatic rings. The van der Waals surface area contributed by atoms with Crippen LogP contribution in [0.25, 0.3) is 0 Å². The van der Waals surface area contributed by atoms with E-state index in [1.54, 1.807) is 31.3 Å². The van der Waals surface area contributed by atoms with Crippen LogP contribution in [0.2, 0.25) is 0 Å². The summed E-state index contributed by atoms with van der Waals surface area (Å²) in [5.41, 5.74) is 0.734. The third-order valence-corrected chi connectivity index (χ3v) is 4.06. The maximum absolute atomic E-state index is 12.1. The van der Waals surface area contributed by atoms with E-state index in [0.717, 1.165) is 18.7 Å². The largest absolute Gasteiger partial charge is 0.484 e. The van der Waals surface area contributed by atoms with Crippen LogP contribution in [0.5, 0.6) is 5.75 Å². The summed E-state index contributed by atoms with van der Waals surface area (Å²) in [6.07, 6.45) is 1.16. The number of rotatable bonds is 5. The van der Waals surface area contributed by atoms with Gasteiger partial charge in [-0.05, 0) is 49.1 Å². The molecule has 6 nitrogen and oxygen atoms in total. The van der Waals surface area contributed by atoms with Crippen molar-refractivity contribution in [3.05, 3.63) is 24.3 Å². The number of carbonyl (C=O) groups excluding carboxylic acids is 2. The molecule has 2 amide bonds. The number of carbonyl (C=O) groups is 2. The van der Waals surface area contributed by atoms with Crippen molar-refractivity contribution in [1.29, 1.82) is 0 Å². The fraction of sp³-hybridized carbons (Fsp3) is 0.467. The van der Waals surface area contributed by atoms with Gasteiger partial charge in [0.1, 0.15) is 5.75 Å². The summed E-state index contributed by atoms with van der Waals surface area (Å²) in [5, 5.41) is 8.64. The molecule has 1 saturated heterocycles. The molecule has 112 valence electrons. The van der Waals surface area contributed by atoms with Crippen LogP contribution in [-0.4, -0.2) is 38.1 Å². The predicted molar refractivity (Wildman–Crippen MR) is 78.0 cm³/mol. The van der Waals surface area contributed by atoms with E-state index in [4.69, 9.17) is 4.74 Å². The van der Waals surface area contributed by atoms with Crippen molar-refractivity contribution in [3.8, 4) is 5.75 Å². The summed E-state index contributed by atoms with van der Waals surface area (Å²) < 4.78 is 5.31. The Hall–Kier alpha value is -2.08. The molecule has 21 heavy (non-hydrogen) atoms. The van der Waals surface area contributed by atoms with Crippen molar-refractivity contribution in [2.24, 2.45) is 11.8 Å². The highest BCUT2D eigenvalue weighted by Gasteiger charge is 2.50. The average molecular weight is 289 g/mol. The summed E-state index contributed by atoms with van der Waals surface area (Å²) in [6, 6.07) is 6.97. The molecule has 3 N–H and O–H groups in total. The molecule has 6 heteroatoms. The summed E-state index contributed by atoms with van der Waals surface area (Å²) in [6.45, 7) is 0.937. The van der Waals surface area contributed by atoms with Crippen molar-refractivity contribution in [2.45, 2.75) is 12.5 Å². The number of benzene rings is 1. The Labute approximate surface area is 123 Å². The maximum Gasteiger partial charge on any atom is 0.257 e. The molecule has 3 atom stereocenters. The molecule has 1 aliphatic heterocycles. The quantitative estimate of drug-likeness (QED) is 0.731. The van der Waals surface area contributed by atoms with Gasteiger partial charge in [-0.3, -0.25) is 9.59 Å². The Bertz CT molecular complexity index is 544. The number of fused-ring (bicyclic) bond motifs is 1. The van der Waals surface area contributed by atoms with Gasteiger partial charge in [0.25, 0.3) is 5.91 Å². The first-order chi connectivity index (χ1) is 10.2. The van der Waals surface area contributed by atoms with E-state index < -0.39 is 0 Å². The van der Waals surface area contributed by atoms with E-state index >= 15 is 0 Å². The molecule has 1 aromatic carbocycles. The number of piperidine rings is 1. The fourth-order valence-corrected chi connectivity index (χ4v) is 2.71. The minimum absolute atomic E-state index is 0.0166. The highest BCUT2D eigenvalue weighted by molar-refractivity contribution is 5.95. The van der Waals surface area contributed by atoms with Crippen molar-refractivity contribution in [3.63, 3.8) is 0 Å². The zero-order valence-electron chi connectivity index (χ0n) is 11.9. The van der Waals surface area contributed by atoms with Crippen LogP contribution in [-0.2, 0) is 9.59 Å². The number of ether oxygens (including phenoxy) is 1. The van der Waals surface area contributed by atoms with E-state index in [-0.39, 0.29) is 24.5 Å². The average Bonchev–Trinajstić information content (AvgIpc) is 3.16. The van der Waals surface area contributed by atoms with Crippen LogP contribution in [0.3, 0.4) is 0 Å². The molecule has 2 fully saturated rings. The summed E-state index contributed by atoms with van der Waals surface area (Å²) >= 11 is 0. The van der Waals surface area contributed by atoms with Crippen LogP contribution in [0, 0.1) is 11.8 Å². The van der Waals surface area contributed by atoms with Gasteiger partial charge in [0.15, 0.2) is 6.61 Å². The number of amides is 2. The van der Waals surface area contributed by atoms with Gasteiger partial charge < -0.3 is 20.7 Å². The van der Waals surface area contributed by atoms with Gasteiger partial charge in [-0.25, -0.2) is 0 Å². The normalized spacial score (nSPS) is 25.9. The lowest BCUT2D eigenvalue weighted by Gasteiger charge is -2.13. The van der Waals surface area contributed by atoms with Crippen molar-refractivity contribution >= 4 is 17.5 Å². The summed E-state index contributed by atoms with van der Waals surface area (Å²) in [5.74, 6) is 1.65. The molecule has 0 aromatic heterocycles. The third-order valence-electron chi connectivity index (χ3n) is 4.06. The van der Waals surface area contributed by atoms with E-state index in [2.05, 4.69) is 16.0 Å². The number of hydrogen-bond donors (Lipinski definition) is 3. The maximum atomic E-state index is 12.1. The lowest BCUT2D eigenvalue weighted by atomic mass is 10.2. The van der Waals surface area contributed by atoms with Gasteiger partial charge >= 0.3 is 0 Å². The molecule has 0 bridgehead atoms. The number of likely N-dealkylation sites (N-methyl/N-ethyl adjacent to an activating group) is 1. The summed E-state index contributed by atoms with van der Waals surface area (Å²) in [4.78, 5) is 23.2. The molecule has 3 rings (SSSR count). The molecular formula is C15H19N3O3. The van der Waals surface area contributed by atoms with Crippen LogP contribution < -0.4 is 20.7 Å². The number of hydrogen-bond acceptors (Lipinski definition) is 4. The van der Waals surface area contributed by atoms with Gasteiger partial charge in [0.2, 0.25) is 5.91 Å². The first kappa shape index (κ1) is 13.9. The van der Waals surface area contributed by atoms with Gasteiger partial charge in [0, 0.05) is 12.7 Å². The zero-order valence-corrected chi connectivity index (χ0v) is 11.9. The lowest BCUT2D eigenvalue weighted by molar-refractivity contribution is -0.122. The smallest absolute Gasteiger partial charge is 0.257 e. The first-order valence-corrected chi connectivity index (χ1v) is 7.15. The van der Waals surface area contributed by atoms with Crippen LogP contribution in [0.4, 0.5) is 5.69 Å².